The first kappa shape index (κ1) is 11.2. The van der Waals surface area contributed by atoms with Crippen LogP contribution in [0.1, 0.15) is 4.88 Å². The Morgan fingerprint density at radius 1 is 1.71 bits per heavy atom. The average Bonchev–Trinajstić information content (AvgIpc) is 2.92. The quantitative estimate of drug-likeness (QED) is 0.560. The van der Waals surface area contributed by atoms with Gasteiger partial charge in [0.2, 0.25) is 5.95 Å². The fourth-order valence-corrected chi connectivity index (χ4v) is 1.61. The van der Waals surface area contributed by atoms with Gasteiger partial charge in [0.25, 0.3) is 5.91 Å². The molecule has 3 N–H and O–H groups in total. The minimum absolute atomic E-state index is 0.0688. The van der Waals surface area contributed by atoms with Gasteiger partial charge in [0.1, 0.15) is 6.54 Å². The van der Waals surface area contributed by atoms with Gasteiger partial charge in [0, 0.05) is 4.88 Å². The lowest BCUT2D eigenvalue weighted by molar-refractivity contribution is -0.121. The van der Waals surface area contributed by atoms with E-state index in [4.69, 9.17) is 5.73 Å². The van der Waals surface area contributed by atoms with Gasteiger partial charge >= 0.3 is 0 Å². The zero-order valence-electron chi connectivity index (χ0n) is 8.65. The van der Waals surface area contributed by atoms with Crippen molar-refractivity contribution in [3.63, 3.8) is 0 Å². The molecule has 0 unspecified atom stereocenters. The van der Waals surface area contributed by atoms with E-state index >= 15 is 0 Å². The van der Waals surface area contributed by atoms with E-state index in [2.05, 4.69) is 26.1 Å². The molecule has 0 atom stereocenters. The number of nitrogen functional groups attached to an aromatic ring is 1. The van der Waals surface area contributed by atoms with Crippen LogP contribution in [0.2, 0.25) is 0 Å². The third-order valence-corrected chi connectivity index (χ3v) is 2.58. The van der Waals surface area contributed by atoms with Gasteiger partial charge in [-0.05, 0) is 21.9 Å². The molecule has 1 amide bonds. The van der Waals surface area contributed by atoms with Crippen LogP contribution in [0.5, 0.6) is 0 Å². The van der Waals surface area contributed by atoms with Crippen molar-refractivity contribution < 1.29 is 4.79 Å². The molecule has 2 aromatic heterocycles. The van der Waals surface area contributed by atoms with Gasteiger partial charge in [-0.15, -0.1) is 11.3 Å². The largest absolute Gasteiger partial charge is 0.367 e. The van der Waals surface area contributed by atoms with E-state index in [1.807, 2.05) is 17.5 Å². The minimum Gasteiger partial charge on any atom is -0.367 e. The first-order valence-electron chi connectivity index (χ1n) is 4.63. The molecule has 8 nitrogen and oxygen atoms in total. The molecule has 0 fully saturated rings. The summed E-state index contributed by atoms with van der Waals surface area (Å²) in [6.45, 7) is -0.0688. The van der Waals surface area contributed by atoms with Gasteiger partial charge in [0.15, 0.2) is 0 Å². The first-order valence-corrected chi connectivity index (χ1v) is 5.51. The lowest BCUT2D eigenvalue weighted by Crippen LogP contribution is -2.24. The third-order valence-electron chi connectivity index (χ3n) is 1.78. The van der Waals surface area contributed by atoms with Crippen molar-refractivity contribution >= 4 is 29.4 Å². The highest BCUT2D eigenvalue weighted by Gasteiger charge is 2.06. The number of nitrogens with two attached hydrogens (primary N) is 1. The molecule has 2 aromatic rings. The molecule has 0 spiro atoms. The number of tetrazole rings is 1. The zero-order chi connectivity index (χ0) is 12.1. The fourth-order valence-electron chi connectivity index (χ4n) is 1.03. The summed E-state index contributed by atoms with van der Waals surface area (Å²) in [6, 6.07) is 3.79. The number of anilines is 1. The summed E-state index contributed by atoms with van der Waals surface area (Å²) >= 11 is 1.52. The predicted octanol–water partition coefficient (Wildman–Crippen LogP) is -0.533. The number of hydrogen-bond donors (Lipinski definition) is 2. The second kappa shape index (κ2) is 5.16. The summed E-state index contributed by atoms with van der Waals surface area (Å²) in [7, 11) is 0. The van der Waals surface area contributed by atoms with E-state index < -0.39 is 0 Å². The molecule has 0 aromatic carbocycles. The van der Waals surface area contributed by atoms with Crippen molar-refractivity contribution in [3.05, 3.63) is 22.4 Å². The van der Waals surface area contributed by atoms with Crippen LogP contribution in [0.3, 0.4) is 0 Å². The Bertz CT molecular complexity index is 518. The second-order valence-corrected chi connectivity index (χ2v) is 3.98. The van der Waals surface area contributed by atoms with E-state index in [0.29, 0.717) is 0 Å². The van der Waals surface area contributed by atoms with Crippen LogP contribution in [0, 0.1) is 0 Å². The number of aromatic nitrogens is 4. The van der Waals surface area contributed by atoms with Crippen LogP contribution in [0.4, 0.5) is 5.95 Å². The van der Waals surface area contributed by atoms with Gasteiger partial charge in [0.05, 0.1) is 6.21 Å². The van der Waals surface area contributed by atoms with Crippen molar-refractivity contribution in [2.75, 3.05) is 5.73 Å². The van der Waals surface area contributed by atoms with Crippen LogP contribution < -0.4 is 11.2 Å². The SMILES string of the molecule is Nc1nnnn1CC(=O)NN=Cc1cccs1. The molecular formula is C8H9N7OS. The highest BCUT2D eigenvalue weighted by molar-refractivity contribution is 7.11. The number of rotatable bonds is 4. The Hall–Kier alpha value is -2.29. The third kappa shape index (κ3) is 3.08. The molecule has 0 saturated carbocycles. The molecule has 2 rings (SSSR count). The standard InChI is InChI=1S/C8H9N7OS/c9-8-12-13-14-15(8)5-7(16)11-10-4-6-2-1-3-17-6/h1-4H,5H2,(H,11,16)(H2,9,12,14). The van der Waals surface area contributed by atoms with Gasteiger partial charge < -0.3 is 5.73 Å². The van der Waals surface area contributed by atoms with E-state index in [9.17, 15) is 4.79 Å². The minimum atomic E-state index is -0.350. The number of hydrazone groups is 1. The van der Waals surface area contributed by atoms with Gasteiger partial charge in [-0.3, -0.25) is 4.79 Å². The maximum absolute atomic E-state index is 11.4. The van der Waals surface area contributed by atoms with Crippen LogP contribution in [0.25, 0.3) is 0 Å². The molecule has 0 radical (unpaired) electrons. The van der Waals surface area contributed by atoms with Crippen LogP contribution in [-0.2, 0) is 11.3 Å². The Labute approximate surface area is 100 Å². The Morgan fingerprint density at radius 3 is 3.24 bits per heavy atom. The van der Waals surface area contributed by atoms with E-state index in [1.54, 1.807) is 6.21 Å². The number of nitrogens with zero attached hydrogens (tertiary/aromatic N) is 5. The Kier molecular flexibility index (Phi) is 3.40. The molecule has 9 heteroatoms. The molecule has 0 aliphatic heterocycles. The number of nitrogens with one attached hydrogen (secondary N) is 1. The molecule has 0 bridgehead atoms. The predicted molar refractivity (Wildman–Crippen MR) is 62.3 cm³/mol. The lowest BCUT2D eigenvalue weighted by atomic mass is 10.5. The van der Waals surface area contributed by atoms with Crippen molar-refractivity contribution in [2.24, 2.45) is 5.10 Å². The number of thiophene rings is 1. The van der Waals surface area contributed by atoms with Crippen molar-refractivity contribution in [1.82, 2.24) is 25.6 Å². The molecule has 17 heavy (non-hydrogen) atoms. The van der Waals surface area contributed by atoms with Crippen LogP contribution in [-0.4, -0.2) is 32.3 Å². The number of carbonyl (C=O) groups excluding carboxylic acids is 1. The highest BCUT2D eigenvalue weighted by atomic mass is 32.1. The highest BCUT2D eigenvalue weighted by Crippen LogP contribution is 2.04. The lowest BCUT2D eigenvalue weighted by Gasteiger charge is -1.99. The summed E-state index contributed by atoms with van der Waals surface area (Å²) in [6.07, 6.45) is 1.56. The molecule has 2 heterocycles. The number of hydrogen-bond acceptors (Lipinski definition) is 7. The molecule has 0 aliphatic carbocycles. The summed E-state index contributed by atoms with van der Waals surface area (Å²) in [5.74, 6) is -0.265. The average molecular weight is 251 g/mol. The van der Waals surface area contributed by atoms with Crippen molar-refractivity contribution in [3.8, 4) is 0 Å². The maximum Gasteiger partial charge on any atom is 0.261 e. The second-order valence-electron chi connectivity index (χ2n) is 3.00. The smallest absolute Gasteiger partial charge is 0.261 e. The number of amides is 1. The van der Waals surface area contributed by atoms with Crippen LogP contribution in [0.15, 0.2) is 22.6 Å². The summed E-state index contributed by atoms with van der Waals surface area (Å²) in [5, 5.41) is 16.0. The summed E-state index contributed by atoms with van der Waals surface area (Å²) in [4.78, 5) is 12.3. The van der Waals surface area contributed by atoms with Gasteiger partial charge in [-0.2, -0.15) is 5.10 Å². The molecular weight excluding hydrogens is 242 g/mol. The van der Waals surface area contributed by atoms with E-state index in [-0.39, 0.29) is 18.4 Å². The topological polar surface area (TPSA) is 111 Å². The number of carbonyl (C=O) groups is 1. The van der Waals surface area contributed by atoms with E-state index in [1.165, 1.54) is 16.0 Å². The molecule has 0 saturated heterocycles. The first-order chi connectivity index (χ1) is 8.25. The molecule has 0 aliphatic rings. The normalized spacial score (nSPS) is 10.8. The molecule has 88 valence electrons. The van der Waals surface area contributed by atoms with Gasteiger partial charge in [-0.1, -0.05) is 11.2 Å². The Balaban J connectivity index is 1.84. The monoisotopic (exact) mass is 251 g/mol. The zero-order valence-corrected chi connectivity index (χ0v) is 9.46. The summed E-state index contributed by atoms with van der Waals surface area (Å²) in [5.41, 5.74) is 7.76. The van der Waals surface area contributed by atoms with Crippen molar-refractivity contribution in [1.29, 1.82) is 0 Å². The van der Waals surface area contributed by atoms with Crippen LogP contribution >= 0.6 is 11.3 Å². The maximum atomic E-state index is 11.4. The summed E-state index contributed by atoms with van der Waals surface area (Å²) < 4.78 is 1.18. The van der Waals surface area contributed by atoms with Crippen molar-refractivity contribution in [2.45, 2.75) is 6.54 Å². The Morgan fingerprint density at radius 2 is 2.59 bits per heavy atom. The van der Waals surface area contributed by atoms with E-state index in [0.717, 1.165) is 4.88 Å². The van der Waals surface area contributed by atoms with Gasteiger partial charge in [-0.25, -0.2) is 10.1 Å². The fraction of sp³-hybridized carbons (Fsp3) is 0.125.